The number of hydrogen-bond acceptors (Lipinski definition) is 8. The predicted octanol–water partition coefficient (Wildman–Crippen LogP) is 4.21. The number of nitrogens with one attached hydrogen (secondary N) is 2. The van der Waals surface area contributed by atoms with Crippen molar-refractivity contribution < 1.29 is 17.9 Å². The van der Waals surface area contributed by atoms with Crippen LogP contribution in [0, 0.1) is 5.41 Å². The quantitative estimate of drug-likeness (QED) is 0.483. The molecule has 2 atom stereocenters. The van der Waals surface area contributed by atoms with Crippen LogP contribution >= 0.6 is 0 Å². The largest absolute Gasteiger partial charge is 0.573 e. The van der Waals surface area contributed by atoms with E-state index in [4.69, 9.17) is 0 Å². The van der Waals surface area contributed by atoms with Gasteiger partial charge in [-0.15, -0.1) is 13.2 Å². The summed E-state index contributed by atoms with van der Waals surface area (Å²) in [5.74, 6) is 0.423. The van der Waals surface area contributed by atoms with E-state index in [0.717, 1.165) is 48.7 Å². The van der Waals surface area contributed by atoms with Crippen LogP contribution < -0.4 is 25.8 Å². The number of pyridine rings is 2. The van der Waals surface area contributed by atoms with Crippen molar-refractivity contribution in [3.05, 3.63) is 59.4 Å². The zero-order valence-electron chi connectivity index (χ0n) is 20.5. The molecule has 1 saturated carbocycles. The van der Waals surface area contributed by atoms with Crippen molar-refractivity contribution >= 4 is 17.5 Å². The van der Waals surface area contributed by atoms with Crippen molar-refractivity contribution in [1.82, 2.24) is 19.5 Å². The van der Waals surface area contributed by atoms with E-state index >= 15 is 0 Å². The highest BCUT2D eigenvalue weighted by atomic mass is 19.4. The number of hydrogen-bond donors (Lipinski definition) is 2. The molecule has 0 radical (unpaired) electrons. The van der Waals surface area contributed by atoms with E-state index in [9.17, 15) is 18.0 Å². The van der Waals surface area contributed by atoms with Crippen LogP contribution in [0.15, 0.2) is 53.8 Å². The monoisotopic (exact) mass is 515 g/mol. The molecule has 0 aromatic carbocycles. The van der Waals surface area contributed by atoms with Gasteiger partial charge in [-0.3, -0.25) is 9.36 Å². The fraction of sp³-hybridized carbons (Fsp3) is 0.440. The molecule has 2 N–H and O–H groups in total. The second kappa shape index (κ2) is 9.56. The Morgan fingerprint density at radius 3 is 2.27 bits per heavy atom. The number of ether oxygens (including phenoxy) is 1. The van der Waals surface area contributed by atoms with Gasteiger partial charge in [-0.25, -0.2) is 15.0 Å². The molecule has 12 heteroatoms. The minimum atomic E-state index is -4.94. The van der Waals surface area contributed by atoms with Gasteiger partial charge in [0.2, 0.25) is 5.95 Å². The highest BCUT2D eigenvalue weighted by Gasteiger charge is 2.35. The first-order chi connectivity index (χ1) is 17.5. The molecule has 1 aliphatic carbocycles. The first-order valence-corrected chi connectivity index (χ1v) is 12.1. The Labute approximate surface area is 211 Å². The van der Waals surface area contributed by atoms with E-state index in [0.29, 0.717) is 22.9 Å². The molecule has 0 spiro atoms. The summed E-state index contributed by atoms with van der Waals surface area (Å²) in [5.41, 5.74) is 0.784. The van der Waals surface area contributed by atoms with E-state index in [1.165, 1.54) is 18.5 Å². The number of anilines is 3. The summed E-state index contributed by atoms with van der Waals surface area (Å²) in [6, 6.07) is 6.01. The van der Waals surface area contributed by atoms with Gasteiger partial charge in [-0.2, -0.15) is 0 Å². The minimum Gasteiger partial charge on any atom is -0.400 e. The Bertz CT molecular complexity index is 1290. The van der Waals surface area contributed by atoms with E-state index in [-0.39, 0.29) is 12.1 Å². The van der Waals surface area contributed by atoms with Crippen LogP contribution in [0.1, 0.15) is 33.1 Å². The van der Waals surface area contributed by atoms with Crippen LogP contribution in [0.3, 0.4) is 0 Å². The number of aromatic nitrogens is 4. The van der Waals surface area contributed by atoms with Crippen LogP contribution in [-0.4, -0.2) is 51.1 Å². The third kappa shape index (κ3) is 5.95. The zero-order valence-corrected chi connectivity index (χ0v) is 20.5. The SMILES string of the molecule is CC1(C)CN(c2cnc(N[C@H]3CC[C@H](Nc4ccc(-n5cccc(OC(F)(F)F)c5=O)cn4)C3)nc2)C1. The number of rotatable bonds is 7. The zero-order chi connectivity index (χ0) is 26.2. The van der Waals surface area contributed by atoms with Gasteiger partial charge in [0.25, 0.3) is 5.56 Å². The third-order valence-corrected chi connectivity index (χ3v) is 6.52. The average Bonchev–Trinajstić information content (AvgIpc) is 3.26. The topological polar surface area (TPSA) is 97.2 Å². The lowest BCUT2D eigenvalue weighted by Gasteiger charge is -2.47. The fourth-order valence-electron chi connectivity index (χ4n) is 4.86. The molecule has 5 rings (SSSR count). The van der Waals surface area contributed by atoms with Crippen molar-refractivity contribution in [2.75, 3.05) is 28.6 Å². The molecule has 0 amide bonds. The van der Waals surface area contributed by atoms with E-state index in [1.54, 1.807) is 12.1 Å². The van der Waals surface area contributed by atoms with Crippen LogP contribution in [0.25, 0.3) is 5.69 Å². The van der Waals surface area contributed by atoms with Crippen molar-refractivity contribution in [2.24, 2.45) is 5.41 Å². The molecular formula is C25H28F3N7O2. The maximum atomic E-state index is 12.5. The second-order valence-corrected chi connectivity index (χ2v) is 10.3. The number of halogens is 3. The number of alkyl halides is 3. The normalized spacial score (nSPS) is 20.8. The summed E-state index contributed by atoms with van der Waals surface area (Å²) in [6.07, 6.45) is 4.29. The van der Waals surface area contributed by atoms with Crippen molar-refractivity contribution in [2.45, 2.75) is 51.6 Å². The summed E-state index contributed by atoms with van der Waals surface area (Å²) in [7, 11) is 0. The van der Waals surface area contributed by atoms with Gasteiger partial charge in [-0.1, -0.05) is 13.8 Å². The molecule has 3 aromatic heterocycles. The molecule has 0 unspecified atom stereocenters. The van der Waals surface area contributed by atoms with Crippen LogP contribution in [0.4, 0.5) is 30.6 Å². The van der Waals surface area contributed by atoms with Gasteiger partial charge in [0, 0.05) is 31.4 Å². The molecule has 1 aliphatic heterocycles. The lowest BCUT2D eigenvalue weighted by molar-refractivity contribution is -0.275. The molecular weight excluding hydrogens is 487 g/mol. The fourth-order valence-corrected chi connectivity index (χ4v) is 4.86. The highest BCUT2D eigenvalue weighted by Crippen LogP contribution is 2.33. The maximum Gasteiger partial charge on any atom is 0.573 e. The molecule has 2 fully saturated rings. The third-order valence-electron chi connectivity index (χ3n) is 6.52. The van der Waals surface area contributed by atoms with E-state index in [2.05, 4.69) is 49.1 Å². The van der Waals surface area contributed by atoms with Gasteiger partial charge >= 0.3 is 6.36 Å². The lowest BCUT2D eigenvalue weighted by Crippen LogP contribution is -2.53. The Morgan fingerprint density at radius 1 is 0.973 bits per heavy atom. The van der Waals surface area contributed by atoms with Gasteiger partial charge in [0.15, 0.2) is 5.75 Å². The summed E-state index contributed by atoms with van der Waals surface area (Å²) in [4.78, 5) is 27.9. The molecule has 0 bridgehead atoms. The average molecular weight is 516 g/mol. The molecule has 2 aliphatic rings. The number of nitrogens with zero attached hydrogens (tertiary/aromatic N) is 5. The smallest absolute Gasteiger partial charge is 0.400 e. The lowest BCUT2D eigenvalue weighted by atomic mass is 9.84. The van der Waals surface area contributed by atoms with Crippen LogP contribution in [-0.2, 0) is 0 Å². The molecule has 4 heterocycles. The molecule has 3 aromatic rings. The Morgan fingerprint density at radius 2 is 1.65 bits per heavy atom. The summed E-state index contributed by atoms with van der Waals surface area (Å²) in [5, 5.41) is 6.78. The molecule has 196 valence electrons. The first kappa shape index (κ1) is 24.8. The van der Waals surface area contributed by atoms with Gasteiger partial charge in [0.1, 0.15) is 5.82 Å². The summed E-state index contributed by atoms with van der Waals surface area (Å²) in [6.45, 7) is 6.49. The molecule has 9 nitrogen and oxygen atoms in total. The van der Waals surface area contributed by atoms with Crippen molar-refractivity contribution in [3.63, 3.8) is 0 Å². The second-order valence-electron chi connectivity index (χ2n) is 10.3. The van der Waals surface area contributed by atoms with Gasteiger partial charge in [0.05, 0.1) is 30.0 Å². The Balaban J connectivity index is 1.15. The summed E-state index contributed by atoms with van der Waals surface area (Å²) >= 11 is 0. The standard InChI is InChI=1S/C25H28F3N7O2/c1-24(2)14-34(15-24)19-12-30-23(31-13-19)33-17-6-5-16(10-17)32-21-8-7-18(11-29-21)35-9-3-4-20(22(35)36)37-25(26,27)28/h3-4,7-9,11-13,16-17H,5-6,10,14-15H2,1-2H3,(H,29,32)(H,30,31,33)/t16-,17-/m0/s1. The minimum absolute atomic E-state index is 0.185. The Kier molecular flexibility index (Phi) is 6.42. The maximum absolute atomic E-state index is 12.5. The summed E-state index contributed by atoms with van der Waals surface area (Å²) < 4.78 is 42.5. The first-order valence-electron chi connectivity index (χ1n) is 12.1. The molecule has 37 heavy (non-hydrogen) atoms. The predicted molar refractivity (Wildman–Crippen MR) is 133 cm³/mol. The van der Waals surface area contributed by atoms with Crippen LogP contribution in [0.2, 0.25) is 0 Å². The van der Waals surface area contributed by atoms with Gasteiger partial charge in [-0.05, 0) is 48.9 Å². The highest BCUT2D eigenvalue weighted by molar-refractivity contribution is 5.48. The molecule has 1 saturated heterocycles. The van der Waals surface area contributed by atoms with Crippen molar-refractivity contribution in [1.29, 1.82) is 0 Å². The van der Waals surface area contributed by atoms with Crippen LogP contribution in [0.5, 0.6) is 5.75 Å². The Hall–Kier alpha value is -3.83. The van der Waals surface area contributed by atoms with E-state index < -0.39 is 17.7 Å². The van der Waals surface area contributed by atoms with Gasteiger partial charge < -0.3 is 20.3 Å². The van der Waals surface area contributed by atoms with E-state index in [1.807, 2.05) is 12.4 Å². The van der Waals surface area contributed by atoms with Crippen molar-refractivity contribution in [3.8, 4) is 11.4 Å².